The first-order valence-corrected chi connectivity index (χ1v) is 9.87. The summed E-state index contributed by atoms with van der Waals surface area (Å²) in [6.07, 6.45) is 5.35. The third kappa shape index (κ3) is 3.60. The summed E-state index contributed by atoms with van der Waals surface area (Å²) in [6.45, 7) is 0. The molecule has 144 valence electrons. The Morgan fingerprint density at radius 2 is 2.21 bits per heavy atom. The fourth-order valence-electron chi connectivity index (χ4n) is 3.00. The van der Waals surface area contributed by atoms with Gasteiger partial charge in [0.25, 0.3) is 0 Å². The van der Waals surface area contributed by atoms with E-state index in [2.05, 4.69) is 31.7 Å². The number of carbonyl (C=O) groups is 1. The largest absolute Gasteiger partial charge is 0.424 e. The van der Waals surface area contributed by atoms with Gasteiger partial charge in [-0.05, 0) is 37.1 Å². The van der Waals surface area contributed by atoms with Crippen LogP contribution in [0.3, 0.4) is 0 Å². The van der Waals surface area contributed by atoms with Crippen molar-refractivity contribution in [1.82, 2.24) is 30.3 Å². The lowest BCUT2D eigenvalue weighted by Gasteiger charge is -2.06. The lowest BCUT2D eigenvalue weighted by atomic mass is 10.3. The van der Waals surface area contributed by atoms with Gasteiger partial charge >= 0.3 is 0 Å². The number of fused-ring (bicyclic) bond motifs is 1. The van der Waals surface area contributed by atoms with Crippen molar-refractivity contribution >= 4 is 27.5 Å². The minimum atomic E-state index is -0.698. The van der Waals surface area contributed by atoms with Crippen molar-refractivity contribution in [1.29, 1.82) is 5.26 Å². The van der Waals surface area contributed by atoms with E-state index in [9.17, 15) is 4.79 Å². The minimum Gasteiger partial charge on any atom is -0.424 e. The fraction of sp³-hybridized carbons (Fsp3) is 0.263. The SMILES string of the molecule is N#CC1(NC(=O)Cc2nnc(Cc3nc4ccc(-n5cccn5)cc4s3)o2)CC1. The van der Waals surface area contributed by atoms with Crippen molar-refractivity contribution in [2.45, 2.75) is 31.2 Å². The fourth-order valence-corrected chi connectivity index (χ4v) is 3.99. The highest BCUT2D eigenvalue weighted by Crippen LogP contribution is 2.34. The third-order valence-electron chi connectivity index (χ3n) is 4.65. The number of nitrogens with zero attached hydrogens (tertiary/aromatic N) is 6. The van der Waals surface area contributed by atoms with Crippen LogP contribution in [0, 0.1) is 11.3 Å². The predicted octanol–water partition coefficient (Wildman–Crippen LogP) is 2.17. The Morgan fingerprint density at radius 3 is 2.97 bits per heavy atom. The number of carbonyl (C=O) groups excluding carboxylic acids is 1. The summed E-state index contributed by atoms with van der Waals surface area (Å²) >= 11 is 1.55. The molecule has 0 atom stereocenters. The van der Waals surface area contributed by atoms with Crippen molar-refractivity contribution in [2.75, 3.05) is 0 Å². The van der Waals surface area contributed by atoms with Gasteiger partial charge in [0, 0.05) is 12.4 Å². The van der Waals surface area contributed by atoms with Gasteiger partial charge in [0.1, 0.15) is 17.0 Å². The molecule has 1 aliphatic rings. The van der Waals surface area contributed by atoms with E-state index >= 15 is 0 Å². The van der Waals surface area contributed by atoms with E-state index in [0.29, 0.717) is 25.2 Å². The molecule has 1 aromatic carbocycles. The van der Waals surface area contributed by atoms with E-state index in [0.717, 1.165) is 20.9 Å². The van der Waals surface area contributed by atoms with Gasteiger partial charge in [-0.15, -0.1) is 21.5 Å². The number of thiazole rings is 1. The molecule has 29 heavy (non-hydrogen) atoms. The van der Waals surface area contributed by atoms with Crippen LogP contribution in [0.1, 0.15) is 29.6 Å². The maximum atomic E-state index is 12.0. The molecule has 9 nitrogen and oxygen atoms in total. The van der Waals surface area contributed by atoms with Crippen molar-refractivity contribution in [2.24, 2.45) is 0 Å². The number of hydrogen-bond donors (Lipinski definition) is 1. The molecule has 1 amide bonds. The number of hydrogen-bond acceptors (Lipinski definition) is 8. The molecule has 3 heterocycles. The summed E-state index contributed by atoms with van der Waals surface area (Å²) in [5.41, 5.74) is 1.16. The second-order valence-corrected chi connectivity index (χ2v) is 8.01. The van der Waals surface area contributed by atoms with Gasteiger partial charge in [0.15, 0.2) is 0 Å². The molecule has 0 spiro atoms. The monoisotopic (exact) mass is 405 g/mol. The molecule has 4 aromatic rings. The first-order valence-electron chi connectivity index (χ1n) is 9.05. The maximum absolute atomic E-state index is 12.0. The van der Waals surface area contributed by atoms with E-state index in [1.807, 2.05) is 30.5 Å². The Labute approximate surface area is 169 Å². The van der Waals surface area contributed by atoms with Crippen LogP contribution < -0.4 is 5.32 Å². The van der Waals surface area contributed by atoms with E-state index in [1.54, 1.807) is 22.2 Å². The van der Waals surface area contributed by atoms with Gasteiger partial charge in [-0.2, -0.15) is 10.4 Å². The van der Waals surface area contributed by atoms with E-state index in [4.69, 9.17) is 9.68 Å². The summed E-state index contributed by atoms with van der Waals surface area (Å²) in [5.74, 6) is 0.347. The zero-order valence-electron chi connectivity index (χ0n) is 15.2. The first kappa shape index (κ1) is 17.5. The summed E-state index contributed by atoms with van der Waals surface area (Å²) in [7, 11) is 0. The van der Waals surface area contributed by atoms with Crippen molar-refractivity contribution in [3.05, 3.63) is 53.4 Å². The molecular formula is C19H15N7O2S. The smallest absolute Gasteiger partial charge is 0.230 e. The van der Waals surface area contributed by atoms with Gasteiger partial charge in [0.2, 0.25) is 17.7 Å². The third-order valence-corrected chi connectivity index (χ3v) is 5.67. The second-order valence-electron chi connectivity index (χ2n) is 6.90. The molecular weight excluding hydrogens is 390 g/mol. The Morgan fingerprint density at radius 1 is 1.34 bits per heavy atom. The highest BCUT2D eigenvalue weighted by molar-refractivity contribution is 7.18. The minimum absolute atomic E-state index is 0.0382. The zero-order chi connectivity index (χ0) is 19.8. The van der Waals surface area contributed by atoms with Gasteiger partial charge in [0.05, 0.1) is 28.4 Å². The van der Waals surface area contributed by atoms with Crippen LogP contribution >= 0.6 is 11.3 Å². The van der Waals surface area contributed by atoms with Gasteiger partial charge < -0.3 is 9.73 Å². The second kappa shape index (κ2) is 6.79. The normalized spacial score (nSPS) is 14.6. The summed E-state index contributed by atoms with van der Waals surface area (Å²) in [4.78, 5) is 16.6. The quantitative estimate of drug-likeness (QED) is 0.521. The average Bonchev–Trinajstić information content (AvgIpc) is 3.13. The van der Waals surface area contributed by atoms with E-state index in [-0.39, 0.29) is 18.2 Å². The molecule has 0 unspecified atom stereocenters. The van der Waals surface area contributed by atoms with Crippen LogP contribution in [0.25, 0.3) is 15.9 Å². The average molecular weight is 405 g/mol. The van der Waals surface area contributed by atoms with Crippen molar-refractivity contribution < 1.29 is 9.21 Å². The maximum Gasteiger partial charge on any atom is 0.230 e. The van der Waals surface area contributed by atoms with E-state index < -0.39 is 5.54 Å². The highest BCUT2D eigenvalue weighted by atomic mass is 32.1. The first-order chi connectivity index (χ1) is 14.1. The molecule has 0 aliphatic heterocycles. The van der Waals surface area contributed by atoms with Crippen molar-refractivity contribution in [3.8, 4) is 11.8 Å². The molecule has 1 aliphatic carbocycles. The Bertz CT molecular complexity index is 1230. The molecule has 5 rings (SSSR count). The van der Waals surface area contributed by atoms with Crippen LogP contribution in [0.5, 0.6) is 0 Å². The summed E-state index contributed by atoms with van der Waals surface area (Å²) < 4.78 is 8.43. The van der Waals surface area contributed by atoms with E-state index in [1.165, 1.54) is 0 Å². The van der Waals surface area contributed by atoms with Crippen molar-refractivity contribution in [3.63, 3.8) is 0 Å². The standard InChI is InChI=1S/C19H15N7O2S/c20-11-19(4-5-19)23-15(27)9-16-24-25-17(28-16)10-18-22-13-3-2-12(8-14(13)29-18)26-7-1-6-21-26/h1-3,6-8H,4-5,9-10H2,(H,23,27). The Balaban J connectivity index is 1.27. The molecule has 0 radical (unpaired) electrons. The molecule has 1 fully saturated rings. The van der Waals surface area contributed by atoms with Gasteiger partial charge in [-0.25, -0.2) is 9.67 Å². The highest BCUT2D eigenvalue weighted by Gasteiger charge is 2.44. The Hall–Kier alpha value is -3.58. The predicted molar refractivity (Wildman–Crippen MR) is 103 cm³/mol. The number of rotatable bonds is 6. The molecule has 10 heteroatoms. The lowest BCUT2D eigenvalue weighted by Crippen LogP contribution is -2.36. The topological polar surface area (TPSA) is 123 Å². The molecule has 3 aromatic heterocycles. The molecule has 1 N–H and O–H groups in total. The molecule has 0 saturated heterocycles. The summed E-state index contributed by atoms with van der Waals surface area (Å²) in [5, 5.41) is 24.8. The van der Waals surface area contributed by atoms with Crippen LogP contribution in [0.4, 0.5) is 0 Å². The van der Waals surface area contributed by atoms with Crippen LogP contribution in [0.15, 0.2) is 41.1 Å². The van der Waals surface area contributed by atoms with Crippen LogP contribution in [0.2, 0.25) is 0 Å². The molecule has 0 bridgehead atoms. The van der Waals surface area contributed by atoms with Crippen LogP contribution in [-0.4, -0.2) is 36.4 Å². The molecule has 1 saturated carbocycles. The van der Waals surface area contributed by atoms with Gasteiger partial charge in [-0.1, -0.05) is 0 Å². The number of nitriles is 1. The lowest BCUT2D eigenvalue weighted by molar-refractivity contribution is -0.121. The number of aromatic nitrogens is 5. The van der Waals surface area contributed by atoms with Crippen LogP contribution in [-0.2, 0) is 17.6 Å². The number of benzene rings is 1. The zero-order valence-corrected chi connectivity index (χ0v) is 16.0. The van der Waals surface area contributed by atoms with Gasteiger partial charge in [-0.3, -0.25) is 4.79 Å². The Kier molecular flexibility index (Phi) is 4.10. The number of amides is 1. The summed E-state index contributed by atoms with van der Waals surface area (Å²) in [6, 6.07) is 9.96. The number of nitrogens with one attached hydrogen (secondary N) is 1.